The van der Waals surface area contributed by atoms with Crippen molar-refractivity contribution in [3.05, 3.63) is 107 Å². The predicted octanol–water partition coefficient (Wildman–Crippen LogP) is 4.05. The largest absolute Gasteiger partial charge is 0.338 e. The SMILES string of the molecule is O=C1c2ccccc2C2(c3ccccc3)OC12c1ccccc1. The number of rotatable bonds is 2. The summed E-state index contributed by atoms with van der Waals surface area (Å²) in [5, 5.41) is 0. The fourth-order valence-corrected chi connectivity index (χ4v) is 3.99. The van der Waals surface area contributed by atoms with Crippen LogP contribution in [0, 0.1) is 0 Å². The Hall–Kier alpha value is -2.71. The van der Waals surface area contributed by atoms with Crippen LogP contribution in [0.2, 0.25) is 0 Å². The third kappa shape index (κ3) is 1.35. The molecule has 0 radical (unpaired) electrons. The van der Waals surface area contributed by atoms with Gasteiger partial charge in [0.25, 0.3) is 0 Å². The molecule has 2 aliphatic rings. The number of fused-ring (bicyclic) bond motifs is 3. The van der Waals surface area contributed by atoms with Gasteiger partial charge in [-0.2, -0.15) is 0 Å². The minimum Gasteiger partial charge on any atom is -0.338 e. The maximum atomic E-state index is 13.2. The molecule has 2 atom stereocenters. The highest BCUT2D eigenvalue weighted by molar-refractivity contribution is 6.12. The summed E-state index contributed by atoms with van der Waals surface area (Å²) in [6, 6.07) is 27.7. The van der Waals surface area contributed by atoms with Crippen molar-refractivity contribution in [3.63, 3.8) is 0 Å². The molecule has 2 unspecified atom stereocenters. The second-order valence-corrected chi connectivity index (χ2v) is 6.07. The standard InChI is InChI=1S/C21H14O2/c22-19-17-13-7-8-14-18(17)20(15-9-3-1-4-10-15)21(19,23-20)16-11-5-2-6-12-16/h1-14H. The molecule has 2 nitrogen and oxygen atoms in total. The van der Waals surface area contributed by atoms with E-state index in [9.17, 15) is 4.79 Å². The molecule has 1 heterocycles. The molecule has 1 aliphatic carbocycles. The highest BCUT2D eigenvalue weighted by Gasteiger charge is 2.81. The van der Waals surface area contributed by atoms with Gasteiger partial charge in [0, 0.05) is 11.1 Å². The minimum absolute atomic E-state index is 0.0585. The molecule has 0 aromatic heterocycles. The van der Waals surface area contributed by atoms with E-state index in [-0.39, 0.29) is 5.78 Å². The van der Waals surface area contributed by atoms with E-state index in [4.69, 9.17) is 4.74 Å². The fourth-order valence-electron chi connectivity index (χ4n) is 3.99. The van der Waals surface area contributed by atoms with Gasteiger partial charge in [-0.1, -0.05) is 84.9 Å². The molecule has 1 aliphatic heterocycles. The zero-order valence-corrected chi connectivity index (χ0v) is 12.4. The van der Waals surface area contributed by atoms with Crippen molar-refractivity contribution in [2.75, 3.05) is 0 Å². The monoisotopic (exact) mass is 298 g/mol. The lowest BCUT2D eigenvalue weighted by atomic mass is 9.81. The molecule has 0 saturated carbocycles. The summed E-state index contributed by atoms with van der Waals surface area (Å²) in [4.78, 5) is 13.2. The summed E-state index contributed by atoms with van der Waals surface area (Å²) in [6.07, 6.45) is 0. The first-order chi connectivity index (χ1) is 11.3. The Morgan fingerprint density at radius 1 is 0.609 bits per heavy atom. The average molecular weight is 298 g/mol. The highest BCUT2D eigenvalue weighted by Crippen LogP contribution is 2.71. The van der Waals surface area contributed by atoms with Crippen molar-refractivity contribution in [2.24, 2.45) is 0 Å². The lowest BCUT2D eigenvalue weighted by Crippen LogP contribution is -2.24. The van der Waals surface area contributed by atoms with Crippen LogP contribution in [0.1, 0.15) is 27.0 Å². The van der Waals surface area contributed by atoms with Crippen LogP contribution in [0.3, 0.4) is 0 Å². The molecule has 110 valence electrons. The second kappa shape index (κ2) is 4.18. The van der Waals surface area contributed by atoms with Crippen LogP contribution < -0.4 is 0 Å². The van der Waals surface area contributed by atoms with Gasteiger partial charge in [0.1, 0.15) is 0 Å². The Kier molecular flexibility index (Phi) is 2.33. The molecule has 1 saturated heterocycles. The van der Waals surface area contributed by atoms with Gasteiger partial charge < -0.3 is 4.74 Å². The van der Waals surface area contributed by atoms with E-state index in [1.807, 2.05) is 84.9 Å². The Bertz CT molecular complexity index is 917. The predicted molar refractivity (Wildman–Crippen MR) is 87.2 cm³/mol. The van der Waals surface area contributed by atoms with E-state index in [0.717, 1.165) is 22.3 Å². The molecule has 3 aromatic rings. The first-order valence-corrected chi connectivity index (χ1v) is 7.76. The molecule has 1 fully saturated rings. The first-order valence-electron chi connectivity index (χ1n) is 7.76. The molecule has 23 heavy (non-hydrogen) atoms. The lowest BCUT2D eigenvalue weighted by Gasteiger charge is -2.13. The van der Waals surface area contributed by atoms with Gasteiger partial charge in [0.05, 0.1) is 0 Å². The zero-order chi connectivity index (χ0) is 15.5. The van der Waals surface area contributed by atoms with E-state index in [2.05, 4.69) is 0 Å². The summed E-state index contributed by atoms with van der Waals surface area (Å²) in [7, 11) is 0. The molecule has 0 amide bonds. The van der Waals surface area contributed by atoms with Crippen LogP contribution in [0.25, 0.3) is 0 Å². The lowest BCUT2D eigenvalue weighted by molar-refractivity contribution is 0.0868. The van der Waals surface area contributed by atoms with Crippen LogP contribution >= 0.6 is 0 Å². The van der Waals surface area contributed by atoms with Crippen molar-refractivity contribution in [3.8, 4) is 0 Å². The number of benzene rings is 3. The van der Waals surface area contributed by atoms with E-state index in [0.29, 0.717) is 0 Å². The van der Waals surface area contributed by atoms with E-state index in [1.165, 1.54) is 0 Å². The Balaban J connectivity index is 1.83. The maximum absolute atomic E-state index is 13.2. The number of hydrogen-bond donors (Lipinski definition) is 0. The molecule has 0 spiro atoms. The van der Waals surface area contributed by atoms with E-state index in [1.54, 1.807) is 0 Å². The summed E-state index contributed by atoms with van der Waals surface area (Å²) in [5.41, 5.74) is 2.08. The first kappa shape index (κ1) is 12.8. The number of epoxide rings is 1. The molecule has 0 N–H and O–H groups in total. The summed E-state index contributed by atoms with van der Waals surface area (Å²) in [5.74, 6) is 0.0585. The van der Waals surface area contributed by atoms with Gasteiger partial charge in [-0.25, -0.2) is 0 Å². The number of carbonyl (C=O) groups excluding carboxylic acids is 1. The maximum Gasteiger partial charge on any atom is 0.203 e. The average Bonchev–Trinajstić information content (AvgIpc) is 3.30. The molecular weight excluding hydrogens is 284 g/mol. The summed E-state index contributed by atoms with van der Waals surface area (Å²) in [6.45, 7) is 0. The normalized spacial score (nSPS) is 27.4. The molecule has 5 rings (SSSR count). The van der Waals surface area contributed by atoms with E-state index >= 15 is 0 Å². The number of hydrogen-bond acceptors (Lipinski definition) is 2. The van der Waals surface area contributed by atoms with Crippen LogP contribution in [0.15, 0.2) is 84.9 Å². The van der Waals surface area contributed by atoms with Crippen LogP contribution in [-0.2, 0) is 15.9 Å². The van der Waals surface area contributed by atoms with Crippen molar-refractivity contribution in [2.45, 2.75) is 11.2 Å². The number of ketones is 1. The Morgan fingerprint density at radius 2 is 1.13 bits per heavy atom. The quantitative estimate of drug-likeness (QED) is 0.668. The van der Waals surface area contributed by atoms with Crippen molar-refractivity contribution < 1.29 is 9.53 Å². The van der Waals surface area contributed by atoms with Gasteiger partial charge in [-0.05, 0) is 11.1 Å². The van der Waals surface area contributed by atoms with Crippen molar-refractivity contribution in [1.29, 1.82) is 0 Å². The second-order valence-electron chi connectivity index (χ2n) is 6.07. The third-order valence-electron chi connectivity index (χ3n) is 4.99. The van der Waals surface area contributed by atoms with Crippen LogP contribution in [0.4, 0.5) is 0 Å². The van der Waals surface area contributed by atoms with E-state index < -0.39 is 11.2 Å². The topological polar surface area (TPSA) is 29.6 Å². The minimum atomic E-state index is -0.917. The third-order valence-corrected chi connectivity index (χ3v) is 4.99. The smallest absolute Gasteiger partial charge is 0.203 e. The van der Waals surface area contributed by atoms with Crippen molar-refractivity contribution >= 4 is 5.78 Å². The zero-order valence-electron chi connectivity index (χ0n) is 12.4. The van der Waals surface area contributed by atoms with Gasteiger partial charge in [0.15, 0.2) is 11.2 Å². The molecular formula is C21H14O2. The van der Waals surface area contributed by atoms with Gasteiger partial charge >= 0.3 is 0 Å². The Morgan fingerprint density at radius 3 is 1.78 bits per heavy atom. The summed E-state index contributed by atoms with van der Waals surface area (Å²) >= 11 is 0. The van der Waals surface area contributed by atoms with Crippen LogP contribution in [0.5, 0.6) is 0 Å². The number of carbonyl (C=O) groups is 1. The molecule has 2 heteroatoms. The van der Waals surface area contributed by atoms with Gasteiger partial charge in [-0.15, -0.1) is 0 Å². The van der Waals surface area contributed by atoms with Gasteiger partial charge in [0.2, 0.25) is 5.78 Å². The fraction of sp³-hybridized carbons (Fsp3) is 0.0952. The number of ether oxygens (including phenoxy) is 1. The summed E-state index contributed by atoms with van der Waals surface area (Å²) < 4.78 is 6.29. The molecule has 0 bridgehead atoms. The van der Waals surface area contributed by atoms with Crippen molar-refractivity contribution in [1.82, 2.24) is 0 Å². The number of Topliss-reactive ketones (excluding diaryl/α,β-unsaturated/α-hetero) is 1. The molecule has 3 aromatic carbocycles. The van der Waals surface area contributed by atoms with Gasteiger partial charge in [-0.3, -0.25) is 4.79 Å². The van der Waals surface area contributed by atoms with Crippen LogP contribution in [-0.4, -0.2) is 5.78 Å². The Labute approximate surface area is 134 Å². The highest BCUT2D eigenvalue weighted by atomic mass is 16.6.